The van der Waals surface area contributed by atoms with Crippen molar-refractivity contribution in [3.63, 3.8) is 0 Å². The first-order valence-corrected chi connectivity index (χ1v) is 6.18. The smallest absolute Gasteiger partial charge is 0.0204 e. The van der Waals surface area contributed by atoms with Crippen molar-refractivity contribution in [3.05, 3.63) is 35.9 Å². The van der Waals surface area contributed by atoms with E-state index in [1.165, 1.54) is 24.8 Å². The molecule has 1 aliphatic carbocycles. The third-order valence-corrected chi connectivity index (χ3v) is 5.28. The molecule has 1 aromatic carbocycles. The molecular formula is C12H15I. The van der Waals surface area contributed by atoms with Crippen LogP contribution in [0.4, 0.5) is 0 Å². The van der Waals surface area contributed by atoms with Crippen LogP contribution in [0.25, 0.3) is 0 Å². The highest BCUT2D eigenvalue weighted by Crippen LogP contribution is 2.44. The van der Waals surface area contributed by atoms with Crippen LogP contribution in [0.5, 0.6) is 0 Å². The van der Waals surface area contributed by atoms with Gasteiger partial charge in [-0.2, -0.15) is 0 Å². The van der Waals surface area contributed by atoms with E-state index < -0.39 is 0 Å². The molecule has 0 amide bonds. The van der Waals surface area contributed by atoms with Gasteiger partial charge < -0.3 is 0 Å². The van der Waals surface area contributed by atoms with Gasteiger partial charge in [-0.05, 0) is 18.4 Å². The lowest BCUT2D eigenvalue weighted by molar-refractivity contribution is 0.513. The summed E-state index contributed by atoms with van der Waals surface area (Å²) in [4.78, 5) is 0. The van der Waals surface area contributed by atoms with Gasteiger partial charge in [-0.1, -0.05) is 66.3 Å². The average Bonchev–Trinajstić information content (AvgIpc) is 2.50. The molecule has 0 N–H and O–H groups in total. The fourth-order valence-corrected chi connectivity index (χ4v) is 3.38. The lowest BCUT2D eigenvalue weighted by Crippen LogP contribution is -2.26. The Morgan fingerprint density at radius 3 is 2.54 bits per heavy atom. The Hall–Kier alpha value is -0.0500. The van der Waals surface area contributed by atoms with Gasteiger partial charge in [0.2, 0.25) is 0 Å². The van der Waals surface area contributed by atoms with Crippen LogP contribution in [-0.4, -0.2) is 3.92 Å². The minimum atomic E-state index is 0.432. The summed E-state index contributed by atoms with van der Waals surface area (Å²) >= 11 is 2.61. The highest BCUT2D eigenvalue weighted by Gasteiger charge is 2.38. The van der Waals surface area contributed by atoms with Gasteiger partial charge in [0.15, 0.2) is 0 Å². The molecule has 1 fully saturated rings. The van der Waals surface area contributed by atoms with Gasteiger partial charge >= 0.3 is 0 Å². The van der Waals surface area contributed by atoms with E-state index in [0.29, 0.717) is 5.41 Å². The minimum Gasteiger partial charge on any atom is -0.0817 e. The molecule has 2 rings (SSSR count). The summed E-state index contributed by atoms with van der Waals surface area (Å²) < 4.78 is 0.812. The lowest BCUT2D eigenvalue weighted by atomic mass is 9.81. The maximum Gasteiger partial charge on any atom is 0.0204 e. The highest BCUT2D eigenvalue weighted by molar-refractivity contribution is 14.1. The summed E-state index contributed by atoms with van der Waals surface area (Å²) in [5.74, 6) is 0. The van der Waals surface area contributed by atoms with E-state index in [0.717, 1.165) is 3.92 Å². The molecule has 0 saturated heterocycles. The normalized spacial score (nSPS) is 33.5. The number of alkyl halides is 1. The molecule has 13 heavy (non-hydrogen) atoms. The molecule has 0 spiro atoms. The maximum atomic E-state index is 2.61. The van der Waals surface area contributed by atoms with E-state index in [1.54, 1.807) is 0 Å². The Bertz CT molecular complexity index is 280. The van der Waals surface area contributed by atoms with E-state index in [-0.39, 0.29) is 0 Å². The number of hydrogen-bond donors (Lipinski definition) is 0. The molecule has 0 aromatic heterocycles. The maximum absolute atomic E-state index is 2.61. The summed E-state index contributed by atoms with van der Waals surface area (Å²) in [5, 5.41) is 0. The van der Waals surface area contributed by atoms with Crippen molar-refractivity contribution in [1.82, 2.24) is 0 Å². The molecule has 0 bridgehead atoms. The topological polar surface area (TPSA) is 0 Å². The molecule has 0 radical (unpaired) electrons. The third kappa shape index (κ3) is 1.63. The molecule has 0 nitrogen and oxygen atoms in total. The van der Waals surface area contributed by atoms with Crippen molar-refractivity contribution < 1.29 is 0 Å². The molecule has 2 unspecified atom stereocenters. The quantitative estimate of drug-likeness (QED) is 0.542. The largest absolute Gasteiger partial charge is 0.0817 e. The van der Waals surface area contributed by atoms with E-state index in [1.807, 2.05) is 0 Å². The zero-order valence-corrected chi connectivity index (χ0v) is 10.1. The second kappa shape index (κ2) is 3.60. The van der Waals surface area contributed by atoms with Gasteiger partial charge in [0.1, 0.15) is 0 Å². The van der Waals surface area contributed by atoms with Crippen LogP contribution in [0.15, 0.2) is 30.3 Å². The Morgan fingerprint density at radius 2 is 2.00 bits per heavy atom. The lowest BCUT2D eigenvalue weighted by Gasteiger charge is -2.28. The van der Waals surface area contributed by atoms with Crippen molar-refractivity contribution in [3.8, 4) is 0 Å². The number of benzene rings is 1. The Balaban J connectivity index is 2.34. The van der Waals surface area contributed by atoms with E-state index >= 15 is 0 Å². The zero-order chi connectivity index (χ0) is 9.31. The number of rotatable bonds is 1. The van der Waals surface area contributed by atoms with Crippen LogP contribution in [0, 0.1) is 0 Å². The van der Waals surface area contributed by atoms with Gasteiger partial charge in [-0.15, -0.1) is 0 Å². The molecule has 1 saturated carbocycles. The summed E-state index contributed by atoms with van der Waals surface area (Å²) in [6.45, 7) is 2.41. The van der Waals surface area contributed by atoms with Crippen LogP contribution in [-0.2, 0) is 5.41 Å². The fraction of sp³-hybridized carbons (Fsp3) is 0.500. The van der Waals surface area contributed by atoms with Crippen LogP contribution in [0.1, 0.15) is 31.7 Å². The number of halogens is 1. The average molecular weight is 286 g/mol. The van der Waals surface area contributed by atoms with Crippen LogP contribution in [0.3, 0.4) is 0 Å². The van der Waals surface area contributed by atoms with Crippen LogP contribution < -0.4 is 0 Å². The van der Waals surface area contributed by atoms with Crippen molar-refractivity contribution in [2.24, 2.45) is 0 Å². The molecule has 70 valence electrons. The van der Waals surface area contributed by atoms with Crippen LogP contribution >= 0.6 is 22.6 Å². The van der Waals surface area contributed by atoms with Crippen molar-refractivity contribution in [1.29, 1.82) is 0 Å². The second-order valence-corrected chi connectivity index (χ2v) is 5.65. The van der Waals surface area contributed by atoms with Crippen molar-refractivity contribution in [2.45, 2.75) is 35.5 Å². The van der Waals surface area contributed by atoms with E-state index in [4.69, 9.17) is 0 Å². The summed E-state index contributed by atoms with van der Waals surface area (Å²) in [6.07, 6.45) is 4.12. The Morgan fingerprint density at radius 1 is 1.31 bits per heavy atom. The minimum absolute atomic E-state index is 0.432. The van der Waals surface area contributed by atoms with Crippen molar-refractivity contribution >= 4 is 22.6 Å². The van der Waals surface area contributed by atoms with E-state index in [9.17, 15) is 0 Å². The molecule has 1 aromatic rings. The standard InChI is InChI=1S/C12H15I/c1-12(9-5-8-11(12)13)10-6-3-2-4-7-10/h2-4,6-7,11H,5,8-9H2,1H3. The molecule has 0 heterocycles. The van der Waals surface area contributed by atoms with Gasteiger partial charge in [0.25, 0.3) is 0 Å². The molecule has 1 heteroatoms. The van der Waals surface area contributed by atoms with Gasteiger partial charge in [-0.3, -0.25) is 0 Å². The molecule has 0 aliphatic heterocycles. The van der Waals surface area contributed by atoms with Crippen LogP contribution in [0.2, 0.25) is 0 Å². The second-order valence-electron chi connectivity index (χ2n) is 4.14. The first kappa shape index (κ1) is 9.50. The Labute approximate surface area is 93.9 Å². The summed E-state index contributed by atoms with van der Waals surface area (Å²) in [6, 6.07) is 11.0. The fourth-order valence-electron chi connectivity index (χ4n) is 2.27. The van der Waals surface area contributed by atoms with Gasteiger partial charge in [0, 0.05) is 9.34 Å². The monoisotopic (exact) mass is 286 g/mol. The SMILES string of the molecule is CC1(c2ccccc2)CCCC1I. The Kier molecular flexibility index (Phi) is 2.63. The zero-order valence-electron chi connectivity index (χ0n) is 7.96. The van der Waals surface area contributed by atoms with Crippen molar-refractivity contribution in [2.75, 3.05) is 0 Å². The molecular weight excluding hydrogens is 271 g/mol. The molecule has 1 aliphatic rings. The highest BCUT2D eigenvalue weighted by atomic mass is 127. The van der Waals surface area contributed by atoms with Gasteiger partial charge in [-0.25, -0.2) is 0 Å². The predicted molar refractivity (Wildman–Crippen MR) is 65.5 cm³/mol. The first-order chi connectivity index (χ1) is 6.23. The van der Waals surface area contributed by atoms with Gasteiger partial charge in [0.05, 0.1) is 0 Å². The third-order valence-electron chi connectivity index (χ3n) is 3.28. The summed E-state index contributed by atoms with van der Waals surface area (Å²) in [7, 11) is 0. The van der Waals surface area contributed by atoms with E-state index in [2.05, 4.69) is 59.8 Å². The summed E-state index contributed by atoms with van der Waals surface area (Å²) in [5.41, 5.74) is 1.95. The first-order valence-electron chi connectivity index (χ1n) is 4.93. The molecule has 2 atom stereocenters. The predicted octanol–water partition coefficient (Wildman–Crippen LogP) is 3.93. The number of hydrogen-bond acceptors (Lipinski definition) is 0.